The van der Waals surface area contributed by atoms with Crippen LogP contribution in [0.25, 0.3) is 5.69 Å². The van der Waals surface area contributed by atoms with Crippen LogP contribution in [0.3, 0.4) is 0 Å². The summed E-state index contributed by atoms with van der Waals surface area (Å²) in [6, 6.07) is 10.8. The van der Waals surface area contributed by atoms with Crippen LogP contribution in [0.15, 0.2) is 54.9 Å². The topological polar surface area (TPSA) is 71.8 Å². The van der Waals surface area contributed by atoms with Crippen molar-refractivity contribution in [3.63, 3.8) is 0 Å². The lowest BCUT2D eigenvalue weighted by atomic mass is 10.3. The van der Waals surface area contributed by atoms with Crippen LogP contribution >= 0.6 is 11.6 Å². The van der Waals surface area contributed by atoms with Crippen molar-refractivity contribution in [2.75, 3.05) is 18.4 Å². The summed E-state index contributed by atoms with van der Waals surface area (Å²) in [5, 5.41) is 10.3. The van der Waals surface area contributed by atoms with Gasteiger partial charge in [0.2, 0.25) is 0 Å². The number of amides is 1. The third-order valence-electron chi connectivity index (χ3n) is 3.70. The molecule has 1 amide bonds. The van der Waals surface area contributed by atoms with E-state index in [1.807, 2.05) is 6.07 Å². The number of carbonyl (C=O) groups excluding carboxylic acids is 1. The van der Waals surface area contributed by atoms with E-state index in [1.54, 1.807) is 30.5 Å². The highest BCUT2D eigenvalue weighted by Crippen LogP contribution is 2.28. The van der Waals surface area contributed by atoms with Gasteiger partial charge in [0.1, 0.15) is 5.82 Å². The van der Waals surface area contributed by atoms with E-state index in [2.05, 4.69) is 20.7 Å². The average molecular weight is 410 g/mol. The van der Waals surface area contributed by atoms with Crippen molar-refractivity contribution < 1.29 is 18.0 Å². The van der Waals surface area contributed by atoms with Crippen molar-refractivity contribution in [1.29, 1.82) is 0 Å². The highest BCUT2D eigenvalue weighted by molar-refractivity contribution is 6.30. The van der Waals surface area contributed by atoms with Crippen molar-refractivity contribution in [3.05, 3.63) is 71.1 Å². The Balaban J connectivity index is 1.48. The summed E-state index contributed by atoms with van der Waals surface area (Å²) in [6.07, 6.45) is -2.03. The van der Waals surface area contributed by atoms with E-state index in [0.717, 1.165) is 18.0 Å². The van der Waals surface area contributed by atoms with Gasteiger partial charge in [-0.2, -0.15) is 18.3 Å². The molecule has 2 aromatic heterocycles. The number of halogens is 4. The fraction of sp³-hybridized carbons (Fsp3) is 0.167. The third kappa shape index (κ3) is 5.01. The molecule has 3 aromatic rings. The van der Waals surface area contributed by atoms with Gasteiger partial charge < -0.3 is 10.6 Å². The molecule has 28 heavy (non-hydrogen) atoms. The highest BCUT2D eigenvalue weighted by Gasteiger charge is 2.30. The fourth-order valence-corrected chi connectivity index (χ4v) is 2.52. The van der Waals surface area contributed by atoms with Crippen LogP contribution < -0.4 is 10.6 Å². The number of rotatable bonds is 6. The average Bonchev–Trinajstić information content (AvgIpc) is 3.15. The minimum atomic E-state index is -4.42. The zero-order valence-electron chi connectivity index (χ0n) is 14.4. The fourth-order valence-electron chi connectivity index (χ4n) is 2.33. The number of aromatic nitrogens is 3. The number of anilines is 1. The van der Waals surface area contributed by atoms with Gasteiger partial charge in [-0.15, -0.1) is 0 Å². The molecule has 10 heteroatoms. The molecular formula is C18H15ClF3N5O. The van der Waals surface area contributed by atoms with Crippen molar-refractivity contribution in [2.45, 2.75) is 6.18 Å². The largest absolute Gasteiger partial charge is 0.417 e. The van der Waals surface area contributed by atoms with Gasteiger partial charge in [0, 0.05) is 30.5 Å². The molecule has 0 bridgehead atoms. The molecule has 146 valence electrons. The van der Waals surface area contributed by atoms with Gasteiger partial charge in [0.25, 0.3) is 5.91 Å². The highest BCUT2D eigenvalue weighted by atomic mass is 35.5. The van der Waals surface area contributed by atoms with Gasteiger partial charge in [0.15, 0.2) is 5.69 Å². The van der Waals surface area contributed by atoms with Crippen LogP contribution in [-0.2, 0) is 6.18 Å². The molecule has 0 spiro atoms. The van der Waals surface area contributed by atoms with Gasteiger partial charge in [0.05, 0.1) is 11.3 Å². The molecular weight excluding hydrogens is 395 g/mol. The lowest BCUT2D eigenvalue weighted by molar-refractivity contribution is -0.137. The molecule has 2 heterocycles. The quantitative estimate of drug-likeness (QED) is 0.608. The second-order valence-electron chi connectivity index (χ2n) is 5.74. The van der Waals surface area contributed by atoms with Gasteiger partial charge >= 0.3 is 6.18 Å². The van der Waals surface area contributed by atoms with E-state index in [4.69, 9.17) is 11.6 Å². The molecule has 0 aliphatic heterocycles. The Labute approximate surface area is 163 Å². The Morgan fingerprint density at radius 3 is 2.64 bits per heavy atom. The van der Waals surface area contributed by atoms with E-state index < -0.39 is 11.7 Å². The van der Waals surface area contributed by atoms with E-state index in [1.165, 1.54) is 10.7 Å². The van der Waals surface area contributed by atoms with Crippen LogP contribution in [0.1, 0.15) is 16.1 Å². The molecule has 0 radical (unpaired) electrons. The lowest BCUT2D eigenvalue weighted by Crippen LogP contribution is -2.29. The standard InChI is InChI=1S/C18H15ClF3N5O/c19-13-2-1-3-14(10-13)27-9-6-15(26-27)17(28)24-8-7-23-16-5-4-12(11-25-16)18(20,21)22/h1-6,9-11H,7-8H2,(H,23,25)(H,24,28). The summed E-state index contributed by atoms with van der Waals surface area (Å²) in [4.78, 5) is 15.8. The smallest absolute Gasteiger partial charge is 0.368 e. The minimum Gasteiger partial charge on any atom is -0.368 e. The number of benzene rings is 1. The normalized spacial score (nSPS) is 11.3. The zero-order valence-corrected chi connectivity index (χ0v) is 15.1. The lowest BCUT2D eigenvalue weighted by Gasteiger charge is -2.09. The number of pyridine rings is 1. The SMILES string of the molecule is O=C(NCCNc1ccc(C(F)(F)F)cn1)c1ccn(-c2cccc(Cl)c2)n1. The molecule has 0 aliphatic rings. The van der Waals surface area contributed by atoms with E-state index in [-0.39, 0.29) is 24.0 Å². The van der Waals surface area contributed by atoms with Gasteiger partial charge in [-0.1, -0.05) is 17.7 Å². The summed E-state index contributed by atoms with van der Waals surface area (Å²) in [6.45, 7) is 0.532. The monoisotopic (exact) mass is 409 g/mol. The third-order valence-corrected chi connectivity index (χ3v) is 3.94. The predicted molar refractivity (Wildman–Crippen MR) is 98.6 cm³/mol. The predicted octanol–water partition coefficient (Wildman–Crippen LogP) is 3.78. The van der Waals surface area contributed by atoms with E-state index >= 15 is 0 Å². The summed E-state index contributed by atoms with van der Waals surface area (Å²) >= 11 is 5.94. The van der Waals surface area contributed by atoms with Crippen molar-refractivity contribution in [3.8, 4) is 5.69 Å². The Bertz CT molecular complexity index is 956. The second-order valence-corrected chi connectivity index (χ2v) is 6.17. The second kappa shape index (κ2) is 8.30. The summed E-state index contributed by atoms with van der Waals surface area (Å²) in [7, 11) is 0. The van der Waals surface area contributed by atoms with Gasteiger partial charge in [-0.05, 0) is 36.4 Å². The number of alkyl halides is 3. The zero-order chi connectivity index (χ0) is 20.1. The first-order chi connectivity index (χ1) is 13.3. The van der Waals surface area contributed by atoms with Crippen LogP contribution in [0.4, 0.5) is 19.0 Å². The van der Waals surface area contributed by atoms with E-state index in [0.29, 0.717) is 11.6 Å². The minimum absolute atomic E-state index is 0.229. The number of nitrogens with zero attached hydrogens (tertiary/aromatic N) is 3. The summed E-state index contributed by atoms with van der Waals surface area (Å²) < 4.78 is 39.0. The Morgan fingerprint density at radius 2 is 1.96 bits per heavy atom. The van der Waals surface area contributed by atoms with Gasteiger partial charge in [-0.25, -0.2) is 9.67 Å². The molecule has 0 atom stereocenters. The molecule has 6 nitrogen and oxygen atoms in total. The molecule has 0 unspecified atom stereocenters. The van der Waals surface area contributed by atoms with E-state index in [9.17, 15) is 18.0 Å². The maximum absolute atomic E-state index is 12.5. The Kier molecular flexibility index (Phi) is 5.84. The molecule has 0 fully saturated rings. The molecule has 0 saturated carbocycles. The molecule has 0 aliphatic carbocycles. The molecule has 1 aromatic carbocycles. The van der Waals surface area contributed by atoms with Crippen molar-refractivity contribution >= 4 is 23.3 Å². The van der Waals surface area contributed by atoms with Gasteiger partial charge in [-0.3, -0.25) is 4.79 Å². The maximum atomic E-state index is 12.5. The first-order valence-corrected chi connectivity index (χ1v) is 8.58. The van der Waals surface area contributed by atoms with Crippen LogP contribution in [0, 0.1) is 0 Å². The Morgan fingerprint density at radius 1 is 1.14 bits per heavy atom. The van der Waals surface area contributed by atoms with Crippen LogP contribution in [-0.4, -0.2) is 33.8 Å². The first kappa shape index (κ1) is 19.7. The van der Waals surface area contributed by atoms with Crippen LogP contribution in [0.5, 0.6) is 0 Å². The maximum Gasteiger partial charge on any atom is 0.417 e. The molecule has 3 rings (SSSR count). The molecule has 2 N–H and O–H groups in total. The molecule has 0 saturated heterocycles. The summed E-state index contributed by atoms with van der Waals surface area (Å²) in [5.41, 5.74) is 0.135. The Hall–Kier alpha value is -3.07. The number of carbonyl (C=O) groups is 1. The van der Waals surface area contributed by atoms with Crippen molar-refractivity contribution in [2.24, 2.45) is 0 Å². The number of hydrogen-bond acceptors (Lipinski definition) is 4. The first-order valence-electron chi connectivity index (χ1n) is 8.20. The number of hydrogen-bond donors (Lipinski definition) is 2. The number of nitrogens with one attached hydrogen (secondary N) is 2. The van der Waals surface area contributed by atoms with Crippen molar-refractivity contribution in [1.82, 2.24) is 20.1 Å². The summed E-state index contributed by atoms with van der Waals surface area (Å²) in [5.74, 6) is -0.0876. The van der Waals surface area contributed by atoms with Crippen LogP contribution in [0.2, 0.25) is 5.02 Å².